The van der Waals surface area contributed by atoms with Gasteiger partial charge in [0.1, 0.15) is 0 Å². The molecule has 0 N–H and O–H groups in total. The highest BCUT2D eigenvalue weighted by atomic mass is 16.2. The molecular weight excluding hydrogens is 320 g/mol. The molecule has 0 atom stereocenters. The Morgan fingerprint density at radius 2 is 1.58 bits per heavy atom. The number of amides is 1. The molecule has 0 fully saturated rings. The van der Waals surface area contributed by atoms with Crippen molar-refractivity contribution in [2.75, 3.05) is 4.90 Å². The number of hydrogen-bond acceptors (Lipinski definition) is 2. The molecule has 126 valence electrons. The Labute approximate surface area is 151 Å². The van der Waals surface area contributed by atoms with E-state index in [0.29, 0.717) is 0 Å². The summed E-state index contributed by atoms with van der Waals surface area (Å²) in [6, 6.07) is 18.3. The Morgan fingerprint density at radius 3 is 2.35 bits per heavy atom. The van der Waals surface area contributed by atoms with Gasteiger partial charge in [0, 0.05) is 16.5 Å². The molecule has 1 aliphatic heterocycles. The molecule has 0 unspecified atom stereocenters. The van der Waals surface area contributed by atoms with Gasteiger partial charge in [-0.05, 0) is 68.3 Å². The fraction of sp³-hybridized carbons (Fsp3) is 0.130. The summed E-state index contributed by atoms with van der Waals surface area (Å²) in [6.45, 7) is 6.17. The van der Waals surface area contributed by atoms with Gasteiger partial charge in [-0.1, -0.05) is 23.8 Å². The monoisotopic (exact) mass is 338 g/mol. The van der Waals surface area contributed by atoms with Crippen LogP contribution < -0.4 is 4.90 Å². The lowest BCUT2D eigenvalue weighted by Crippen LogP contribution is -2.21. The van der Waals surface area contributed by atoms with Crippen LogP contribution in [0.25, 0.3) is 21.8 Å². The van der Waals surface area contributed by atoms with E-state index in [-0.39, 0.29) is 5.91 Å². The van der Waals surface area contributed by atoms with Crippen molar-refractivity contribution in [3.05, 3.63) is 76.9 Å². The third kappa shape index (κ3) is 2.00. The van der Waals surface area contributed by atoms with Crippen molar-refractivity contribution in [2.24, 2.45) is 0 Å². The van der Waals surface area contributed by atoms with E-state index in [0.717, 1.165) is 55.4 Å². The van der Waals surface area contributed by atoms with Crippen LogP contribution in [-0.2, 0) is 0 Å². The zero-order valence-electron chi connectivity index (χ0n) is 15.0. The number of aryl methyl sites for hydroxylation is 3. The Bertz CT molecular complexity index is 1220. The fourth-order valence-corrected chi connectivity index (χ4v) is 4.06. The summed E-state index contributed by atoms with van der Waals surface area (Å²) >= 11 is 0. The number of benzene rings is 3. The second kappa shape index (κ2) is 5.15. The normalized spacial score (nSPS) is 13.2. The van der Waals surface area contributed by atoms with Crippen LogP contribution in [0.1, 0.15) is 27.0 Å². The average Bonchev–Trinajstić information content (AvgIpc) is 2.89. The Balaban J connectivity index is 1.88. The number of fused-ring (bicyclic) bond motifs is 2. The second-order valence-corrected chi connectivity index (χ2v) is 7.17. The number of rotatable bonds is 1. The van der Waals surface area contributed by atoms with E-state index in [2.05, 4.69) is 38.1 Å². The van der Waals surface area contributed by atoms with Crippen LogP contribution in [0.15, 0.2) is 54.6 Å². The molecule has 3 heteroatoms. The van der Waals surface area contributed by atoms with E-state index >= 15 is 0 Å². The molecule has 0 aliphatic carbocycles. The summed E-state index contributed by atoms with van der Waals surface area (Å²) in [4.78, 5) is 20.2. The van der Waals surface area contributed by atoms with Gasteiger partial charge in [0.05, 0.1) is 22.3 Å². The molecular formula is C23H18N2O. The number of carbonyl (C=O) groups is 1. The zero-order chi connectivity index (χ0) is 18.0. The number of nitrogens with zero attached hydrogens (tertiary/aromatic N) is 2. The first-order valence-electron chi connectivity index (χ1n) is 8.79. The lowest BCUT2D eigenvalue weighted by molar-refractivity contribution is 0.101. The first-order chi connectivity index (χ1) is 12.5. The highest BCUT2D eigenvalue weighted by molar-refractivity contribution is 6.32. The molecule has 0 radical (unpaired) electrons. The number of aromatic nitrogens is 1. The molecule has 0 spiro atoms. The maximum atomic E-state index is 13.5. The second-order valence-electron chi connectivity index (χ2n) is 7.17. The summed E-state index contributed by atoms with van der Waals surface area (Å²) in [7, 11) is 0. The van der Waals surface area contributed by atoms with Crippen LogP contribution in [0.3, 0.4) is 0 Å². The van der Waals surface area contributed by atoms with Gasteiger partial charge in [0.2, 0.25) is 0 Å². The first kappa shape index (κ1) is 15.1. The topological polar surface area (TPSA) is 33.2 Å². The molecule has 3 nitrogen and oxygen atoms in total. The van der Waals surface area contributed by atoms with E-state index in [4.69, 9.17) is 4.98 Å². The van der Waals surface area contributed by atoms with Crippen molar-refractivity contribution in [3.8, 4) is 0 Å². The summed E-state index contributed by atoms with van der Waals surface area (Å²) in [5.74, 6) is 0.0270. The lowest BCUT2D eigenvalue weighted by atomic mass is 10.0. The molecule has 3 aromatic carbocycles. The van der Waals surface area contributed by atoms with Crippen LogP contribution in [0.2, 0.25) is 0 Å². The van der Waals surface area contributed by atoms with E-state index in [9.17, 15) is 4.79 Å². The summed E-state index contributed by atoms with van der Waals surface area (Å²) in [6.07, 6.45) is 0. The van der Waals surface area contributed by atoms with Gasteiger partial charge in [0.25, 0.3) is 5.91 Å². The highest BCUT2D eigenvalue weighted by Gasteiger charge is 2.33. The van der Waals surface area contributed by atoms with E-state index < -0.39 is 0 Å². The summed E-state index contributed by atoms with van der Waals surface area (Å²) in [5.41, 5.74) is 7.76. The minimum absolute atomic E-state index is 0.0270. The van der Waals surface area contributed by atoms with Crippen LogP contribution in [0.5, 0.6) is 0 Å². The standard InChI is InChI=1S/C23H18N2O/c1-13-7-8-18-17(12-13)21-22-19(24-18)5-4-6-20(22)25(23(21)26)16-10-14(2)9-15(3)11-16/h4-12H,1-3H3. The predicted molar refractivity (Wildman–Crippen MR) is 106 cm³/mol. The number of carbonyl (C=O) groups excluding carboxylic acids is 1. The van der Waals surface area contributed by atoms with Crippen LogP contribution in [0, 0.1) is 20.8 Å². The minimum atomic E-state index is 0.0270. The lowest BCUT2D eigenvalue weighted by Gasteiger charge is -2.19. The molecule has 1 aromatic heterocycles. The molecule has 4 aromatic rings. The van der Waals surface area contributed by atoms with E-state index in [1.807, 2.05) is 42.2 Å². The molecule has 5 rings (SSSR count). The third-order valence-corrected chi connectivity index (χ3v) is 5.06. The third-order valence-electron chi connectivity index (χ3n) is 5.06. The molecule has 0 saturated heterocycles. The Morgan fingerprint density at radius 1 is 0.808 bits per heavy atom. The molecule has 2 heterocycles. The van der Waals surface area contributed by atoms with Crippen molar-refractivity contribution in [2.45, 2.75) is 20.8 Å². The van der Waals surface area contributed by atoms with Gasteiger partial charge in [-0.15, -0.1) is 0 Å². The maximum Gasteiger partial charge on any atom is 0.264 e. The van der Waals surface area contributed by atoms with Gasteiger partial charge in [-0.2, -0.15) is 0 Å². The van der Waals surface area contributed by atoms with Crippen LogP contribution >= 0.6 is 0 Å². The molecule has 0 bridgehead atoms. The van der Waals surface area contributed by atoms with Gasteiger partial charge in [0.15, 0.2) is 0 Å². The van der Waals surface area contributed by atoms with Gasteiger partial charge in [-0.25, -0.2) is 4.98 Å². The largest absolute Gasteiger partial charge is 0.276 e. The van der Waals surface area contributed by atoms with E-state index in [1.54, 1.807) is 0 Å². The summed E-state index contributed by atoms with van der Waals surface area (Å²) < 4.78 is 0. The fourth-order valence-electron chi connectivity index (χ4n) is 4.06. The zero-order valence-corrected chi connectivity index (χ0v) is 15.0. The van der Waals surface area contributed by atoms with Crippen LogP contribution in [0.4, 0.5) is 11.4 Å². The molecule has 1 aliphatic rings. The quantitative estimate of drug-likeness (QED) is 0.423. The number of hydrogen-bond donors (Lipinski definition) is 0. The molecule has 0 saturated carbocycles. The average molecular weight is 338 g/mol. The summed E-state index contributed by atoms with van der Waals surface area (Å²) in [5, 5.41) is 1.89. The van der Waals surface area contributed by atoms with E-state index in [1.165, 1.54) is 0 Å². The van der Waals surface area contributed by atoms with Crippen molar-refractivity contribution in [1.82, 2.24) is 4.98 Å². The van der Waals surface area contributed by atoms with Gasteiger partial charge >= 0.3 is 0 Å². The Hall–Kier alpha value is -3.20. The highest BCUT2D eigenvalue weighted by Crippen LogP contribution is 2.44. The smallest absolute Gasteiger partial charge is 0.264 e. The Kier molecular flexibility index (Phi) is 2.99. The number of anilines is 2. The molecule has 26 heavy (non-hydrogen) atoms. The predicted octanol–water partition coefficient (Wildman–Crippen LogP) is 5.61. The van der Waals surface area contributed by atoms with Crippen molar-refractivity contribution in [1.29, 1.82) is 0 Å². The van der Waals surface area contributed by atoms with Gasteiger partial charge in [-0.3, -0.25) is 9.69 Å². The molecule has 1 amide bonds. The van der Waals surface area contributed by atoms with Crippen molar-refractivity contribution in [3.63, 3.8) is 0 Å². The number of pyridine rings is 1. The van der Waals surface area contributed by atoms with Crippen molar-refractivity contribution < 1.29 is 4.79 Å². The maximum absolute atomic E-state index is 13.5. The van der Waals surface area contributed by atoms with Gasteiger partial charge < -0.3 is 0 Å². The first-order valence-corrected chi connectivity index (χ1v) is 8.79. The van der Waals surface area contributed by atoms with Crippen LogP contribution in [-0.4, -0.2) is 10.9 Å². The van der Waals surface area contributed by atoms with Crippen molar-refractivity contribution >= 4 is 39.1 Å². The SMILES string of the molecule is Cc1cc(C)cc(N2C(=O)c3c4cc(C)ccc4nc4cccc2c34)c1. The minimum Gasteiger partial charge on any atom is -0.276 e.